The van der Waals surface area contributed by atoms with Crippen molar-refractivity contribution in [2.75, 3.05) is 13.2 Å². The number of ketones is 1. The van der Waals surface area contributed by atoms with Crippen LogP contribution in [0.2, 0.25) is 0 Å². The van der Waals surface area contributed by atoms with E-state index in [0.717, 1.165) is 17.9 Å². The van der Waals surface area contributed by atoms with E-state index in [1.165, 1.54) is 19.3 Å². The van der Waals surface area contributed by atoms with Crippen LogP contribution in [0.25, 0.3) is 0 Å². The lowest BCUT2D eigenvalue weighted by Crippen LogP contribution is -2.19. The van der Waals surface area contributed by atoms with Crippen molar-refractivity contribution in [1.82, 2.24) is 9.55 Å². The summed E-state index contributed by atoms with van der Waals surface area (Å²) in [6.45, 7) is 2.89. The maximum absolute atomic E-state index is 12.4. The fourth-order valence-corrected chi connectivity index (χ4v) is 2.99. The second kappa shape index (κ2) is 7.55. The molecule has 23 heavy (non-hydrogen) atoms. The number of carbonyl (C=O) groups excluding carboxylic acids is 1. The molecule has 0 spiro atoms. The molecule has 0 saturated heterocycles. The zero-order valence-corrected chi connectivity index (χ0v) is 13.6. The van der Waals surface area contributed by atoms with Gasteiger partial charge in [-0.3, -0.25) is 4.79 Å². The van der Waals surface area contributed by atoms with Crippen LogP contribution in [0.15, 0.2) is 42.9 Å². The third kappa shape index (κ3) is 3.88. The number of carbonyl (C=O) groups is 1. The number of rotatable bonds is 8. The Morgan fingerprint density at radius 3 is 2.83 bits per heavy atom. The molecule has 1 aromatic carbocycles. The highest BCUT2D eigenvalue weighted by atomic mass is 16.5. The minimum Gasteiger partial charge on any atom is -0.373 e. The van der Waals surface area contributed by atoms with Crippen LogP contribution >= 0.6 is 0 Å². The van der Waals surface area contributed by atoms with Crippen LogP contribution < -0.4 is 0 Å². The van der Waals surface area contributed by atoms with Gasteiger partial charge in [-0.2, -0.15) is 0 Å². The largest absolute Gasteiger partial charge is 0.373 e. The average molecular weight is 312 g/mol. The molecule has 0 radical (unpaired) electrons. The molecule has 4 heteroatoms. The van der Waals surface area contributed by atoms with Crippen molar-refractivity contribution in [3.63, 3.8) is 0 Å². The first-order valence-corrected chi connectivity index (χ1v) is 8.43. The topological polar surface area (TPSA) is 44.1 Å². The summed E-state index contributed by atoms with van der Waals surface area (Å²) in [6.07, 6.45) is 8.42. The molecule has 122 valence electrons. The van der Waals surface area contributed by atoms with E-state index >= 15 is 0 Å². The predicted octanol–water partition coefficient (Wildman–Crippen LogP) is 3.88. The number of nitrogens with zero attached hydrogens (tertiary/aromatic N) is 2. The Kier molecular flexibility index (Phi) is 5.23. The van der Waals surface area contributed by atoms with Gasteiger partial charge in [0, 0.05) is 6.61 Å². The number of ether oxygens (including phenoxy) is 1. The number of aromatic nitrogens is 2. The van der Waals surface area contributed by atoms with E-state index in [0.29, 0.717) is 12.3 Å². The number of Topliss-reactive ketones (excluding diaryl/α,β-unsaturated/α-hetero) is 1. The molecule has 1 aliphatic carbocycles. The SMILES string of the molecule is C[C@H](c1ccccc1)n1cncc1C(=O)COCCC1CCC1. The molecule has 1 fully saturated rings. The summed E-state index contributed by atoms with van der Waals surface area (Å²) in [5, 5.41) is 0. The lowest BCUT2D eigenvalue weighted by molar-refractivity contribution is 0.0695. The van der Waals surface area contributed by atoms with Gasteiger partial charge in [-0.1, -0.05) is 49.6 Å². The van der Waals surface area contributed by atoms with Crippen LogP contribution in [0.5, 0.6) is 0 Å². The molecule has 3 rings (SSSR count). The van der Waals surface area contributed by atoms with E-state index in [1.807, 2.05) is 22.8 Å². The molecule has 0 N–H and O–H groups in total. The Bertz CT molecular complexity index is 632. The first-order valence-electron chi connectivity index (χ1n) is 8.43. The molecule has 2 aromatic rings. The lowest BCUT2D eigenvalue weighted by atomic mass is 9.83. The van der Waals surface area contributed by atoms with Crippen molar-refractivity contribution in [1.29, 1.82) is 0 Å². The molecule has 1 aliphatic rings. The molecular weight excluding hydrogens is 288 g/mol. The van der Waals surface area contributed by atoms with E-state index < -0.39 is 0 Å². The summed E-state index contributed by atoms with van der Waals surface area (Å²) >= 11 is 0. The zero-order chi connectivity index (χ0) is 16.1. The summed E-state index contributed by atoms with van der Waals surface area (Å²) in [6, 6.07) is 10.2. The van der Waals surface area contributed by atoms with Crippen molar-refractivity contribution < 1.29 is 9.53 Å². The molecule has 1 saturated carbocycles. The third-order valence-electron chi connectivity index (χ3n) is 4.78. The highest BCUT2D eigenvalue weighted by Crippen LogP contribution is 2.29. The summed E-state index contributed by atoms with van der Waals surface area (Å²) in [7, 11) is 0. The fraction of sp³-hybridized carbons (Fsp3) is 0.474. The van der Waals surface area contributed by atoms with E-state index in [-0.39, 0.29) is 18.4 Å². The smallest absolute Gasteiger partial charge is 0.206 e. The van der Waals surface area contributed by atoms with E-state index in [1.54, 1.807) is 12.5 Å². The predicted molar refractivity (Wildman–Crippen MR) is 89.6 cm³/mol. The van der Waals surface area contributed by atoms with Crippen LogP contribution in [0.3, 0.4) is 0 Å². The van der Waals surface area contributed by atoms with Gasteiger partial charge in [0.2, 0.25) is 5.78 Å². The van der Waals surface area contributed by atoms with Crippen LogP contribution in [-0.4, -0.2) is 28.5 Å². The molecule has 1 aromatic heterocycles. The first-order chi connectivity index (χ1) is 11.3. The number of benzene rings is 1. The Balaban J connectivity index is 1.57. The maximum atomic E-state index is 12.4. The second-order valence-electron chi connectivity index (χ2n) is 6.33. The van der Waals surface area contributed by atoms with Crippen LogP contribution in [0.4, 0.5) is 0 Å². The van der Waals surface area contributed by atoms with Crippen molar-refractivity contribution >= 4 is 5.78 Å². The Labute approximate surface area is 137 Å². The third-order valence-corrected chi connectivity index (χ3v) is 4.78. The summed E-state index contributed by atoms with van der Waals surface area (Å²) < 4.78 is 7.50. The normalized spacial score (nSPS) is 16.0. The molecule has 4 nitrogen and oxygen atoms in total. The molecule has 1 atom stereocenters. The molecular formula is C19H24N2O2. The number of imidazole rings is 1. The molecule has 0 amide bonds. The Morgan fingerprint density at radius 1 is 1.35 bits per heavy atom. The monoisotopic (exact) mass is 312 g/mol. The fourth-order valence-electron chi connectivity index (χ4n) is 2.99. The number of hydrogen-bond donors (Lipinski definition) is 0. The summed E-state index contributed by atoms with van der Waals surface area (Å²) in [4.78, 5) is 16.6. The highest BCUT2D eigenvalue weighted by molar-refractivity contribution is 5.95. The maximum Gasteiger partial charge on any atom is 0.206 e. The quantitative estimate of drug-likeness (QED) is 0.549. The molecule has 0 unspecified atom stereocenters. The minimum absolute atomic E-state index is 0.00103. The van der Waals surface area contributed by atoms with Crippen molar-refractivity contribution in [3.8, 4) is 0 Å². The number of hydrogen-bond acceptors (Lipinski definition) is 3. The van der Waals surface area contributed by atoms with Crippen molar-refractivity contribution in [3.05, 3.63) is 54.1 Å². The van der Waals surface area contributed by atoms with Gasteiger partial charge in [0.25, 0.3) is 0 Å². The van der Waals surface area contributed by atoms with Gasteiger partial charge >= 0.3 is 0 Å². The van der Waals surface area contributed by atoms with Crippen molar-refractivity contribution in [2.24, 2.45) is 5.92 Å². The van der Waals surface area contributed by atoms with Crippen molar-refractivity contribution in [2.45, 2.75) is 38.6 Å². The van der Waals surface area contributed by atoms with E-state index in [4.69, 9.17) is 4.74 Å². The summed E-state index contributed by atoms with van der Waals surface area (Å²) in [5.74, 6) is 0.813. The van der Waals surface area contributed by atoms with Crippen LogP contribution in [0.1, 0.15) is 54.7 Å². The van der Waals surface area contributed by atoms with Gasteiger partial charge in [0.15, 0.2) is 0 Å². The van der Waals surface area contributed by atoms with Gasteiger partial charge in [-0.15, -0.1) is 0 Å². The van der Waals surface area contributed by atoms with Gasteiger partial charge in [-0.05, 0) is 24.8 Å². The first kappa shape index (κ1) is 15.9. The van der Waals surface area contributed by atoms with E-state index in [2.05, 4.69) is 24.0 Å². The van der Waals surface area contributed by atoms with Gasteiger partial charge in [0.05, 0.1) is 18.6 Å². The van der Waals surface area contributed by atoms with Crippen LogP contribution in [0, 0.1) is 5.92 Å². The van der Waals surface area contributed by atoms with Gasteiger partial charge in [-0.25, -0.2) is 4.98 Å². The molecule has 0 bridgehead atoms. The lowest BCUT2D eigenvalue weighted by Gasteiger charge is -2.24. The van der Waals surface area contributed by atoms with Crippen LogP contribution in [-0.2, 0) is 4.74 Å². The second-order valence-corrected chi connectivity index (χ2v) is 6.33. The summed E-state index contributed by atoms with van der Waals surface area (Å²) in [5.41, 5.74) is 1.77. The molecule has 1 heterocycles. The van der Waals surface area contributed by atoms with Gasteiger partial charge < -0.3 is 9.30 Å². The van der Waals surface area contributed by atoms with E-state index in [9.17, 15) is 4.79 Å². The molecule has 0 aliphatic heterocycles. The zero-order valence-electron chi connectivity index (χ0n) is 13.6. The van der Waals surface area contributed by atoms with Gasteiger partial charge in [0.1, 0.15) is 12.3 Å². The standard InChI is InChI=1S/C19H24N2O2/c1-15(17-8-3-2-4-9-17)21-14-20-12-18(21)19(22)13-23-11-10-16-6-5-7-16/h2-4,8-9,12,14-16H,5-7,10-11,13H2,1H3/t15-/m1/s1. The minimum atomic E-state index is -0.00103. The Morgan fingerprint density at radius 2 is 2.13 bits per heavy atom. The average Bonchev–Trinajstić information content (AvgIpc) is 3.02. The Hall–Kier alpha value is -1.94. The highest BCUT2D eigenvalue weighted by Gasteiger charge is 2.19.